The van der Waals surface area contributed by atoms with Crippen LogP contribution < -0.4 is 10.1 Å². The molecule has 6 heteroatoms. The first-order valence-electron chi connectivity index (χ1n) is 6.77. The highest BCUT2D eigenvalue weighted by Gasteiger charge is 2.15. The lowest BCUT2D eigenvalue weighted by Crippen LogP contribution is -2.26. The van der Waals surface area contributed by atoms with Crippen molar-refractivity contribution >= 4 is 11.9 Å². The summed E-state index contributed by atoms with van der Waals surface area (Å²) in [5.74, 6) is -0.192. The molecule has 1 unspecified atom stereocenters. The molecule has 1 heterocycles. The molecule has 0 radical (unpaired) electrons. The number of aliphatic carboxylic acids is 1. The SMILES string of the molecule is Cc1occc1C(=O)NC(C)c1ccc(OCC(=O)O)cc1. The monoisotopic (exact) mass is 303 g/mol. The average molecular weight is 303 g/mol. The molecule has 1 aromatic heterocycles. The Hall–Kier alpha value is -2.76. The fraction of sp³-hybridized carbons (Fsp3) is 0.250. The molecule has 0 bridgehead atoms. The molecule has 0 saturated heterocycles. The van der Waals surface area contributed by atoms with Crippen LogP contribution in [0.2, 0.25) is 0 Å². The Kier molecular flexibility index (Phi) is 4.83. The number of carbonyl (C=O) groups is 2. The molecular formula is C16H17NO5. The van der Waals surface area contributed by atoms with E-state index in [1.54, 1.807) is 37.3 Å². The van der Waals surface area contributed by atoms with Gasteiger partial charge in [-0.05, 0) is 37.6 Å². The maximum atomic E-state index is 12.1. The van der Waals surface area contributed by atoms with Gasteiger partial charge in [-0.15, -0.1) is 0 Å². The molecule has 22 heavy (non-hydrogen) atoms. The van der Waals surface area contributed by atoms with E-state index in [4.69, 9.17) is 14.3 Å². The van der Waals surface area contributed by atoms with Gasteiger partial charge in [0, 0.05) is 0 Å². The zero-order chi connectivity index (χ0) is 16.1. The van der Waals surface area contributed by atoms with Crippen molar-refractivity contribution in [3.63, 3.8) is 0 Å². The molecule has 6 nitrogen and oxygen atoms in total. The summed E-state index contributed by atoms with van der Waals surface area (Å²) in [6.45, 7) is 3.21. The van der Waals surface area contributed by atoms with E-state index in [0.29, 0.717) is 17.1 Å². The van der Waals surface area contributed by atoms with Crippen LogP contribution in [0.15, 0.2) is 41.0 Å². The number of ether oxygens (including phenoxy) is 1. The highest BCUT2D eigenvalue weighted by Crippen LogP contribution is 2.18. The second-order valence-electron chi connectivity index (χ2n) is 4.84. The maximum Gasteiger partial charge on any atom is 0.341 e. The van der Waals surface area contributed by atoms with Gasteiger partial charge < -0.3 is 19.6 Å². The standard InChI is InChI=1S/C16H17NO5/c1-10(17-16(20)14-7-8-21-11(14)2)12-3-5-13(6-4-12)22-9-15(18)19/h3-8,10H,9H2,1-2H3,(H,17,20)(H,18,19). The lowest BCUT2D eigenvalue weighted by atomic mass is 10.1. The molecule has 1 aromatic carbocycles. The normalized spacial score (nSPS) is 11.7. The minimum Gasteiger partial charge on any atom is -0.482 e. The lowest BCUT2D eigenvalue weighted by Gasteiger charge is -2.14. The summed E-state index contributed by atoms with van der Waals surface area (Å²) >= 11 is 0. The van der Waals surface area contributed by atoms with Gasteiger partial charge in [0.2, 0.25) is 0 Å². The number of furan rings is 1. The lowest BCUT2D eigenvalue weighted by molar-refractivity contribution is -0.139. The Morgan fingerprint density at radius 1 is 1.27 bits per heavy atom. The van der Waals surface area contributed by atoms with E-state index in [-0.39, 0.29) is 18.6 Å². The van der Waals surface area contributed by atoms with Crippen molar-refractivity contribution in [1.82, 2.24) is 5.32 Å². The van der Waals surface area contributed by atoms with Gasteiger partial charge in [0.1, 0.15) is 11.5 Å². The fourth-order valence-corrected chi connectivity index (χ4v) is 1.98. The number of amides is 1. The van der Waals surface area contributed by atoms with Crippen molar-refractivity contribution < 1.29 is 23.8 Å². The van der Waals surface area contributed by atoms with E-state index in [0.717, 1.165) is 5.56 Å². The zero-order valence-corrected chi connectivity index (χ0v) is 12.3. The number of hydrogen-bond acceptors (Lipinski definition) is 4. The van der Waals surface area contributed by atoms with Crippen molar-refractivity contribution in [2.75, 3.05) is 6.61 Å². The van der Waals surface area contributed by atoms with Gasteiger partial charge in [-0.25, -0.2) is 4.79 Å². The van der Waals surface area contributed by atoms with Crippen molar-refractivity contribution in [3.05, 3.63) is 53.5 Å². The third kappa shape index (κ3) is 3.88. The number of carboxylic acids is 1. The number of nitrogens with one attached hydrogen (secondary N) is 1. The number of aryl methyl sites for hydroxylation is 1. The van der Waals surface area contributed by atoms with Crippen molar-refractivity contribution in [2.24, 2.45) is 0 Å². The Bertz CT molecular complexity index is 659. The average Bonchev–Trinajstić information content (AvgIpc) is 2.91. The van der Waals surface area contributed by atoms with E-state index in [1.807, 2.05) is 6.92 Å². The van der Waals surface area contributed by atoms with Gasteiger partial charge in [-0.1, -0.05) is 12.1 Å². The molecule has 0 aliphatic heterocycles. The minimum atomic E-state index is -1.03. The number of hydrogen-bond donors (Lipinski definition) is 2. The number of rotatable bonds is 6. The molecule has 0 fully saturated rings. The Morgan fingerprint density at radius 3 is 2.50 bits per heavy atom. The third-order valence-corrected chi connectivity index (χ3v) is 3.19. The summed E-state index contributed by atoms with van der Waals surface area (Å²) in [6.07, 6.45) is 1.48. The number of benzene rings is 1. The fourth-order valence-electron chi connectivity index (χ4n) is 1.98. The molecule has 0 saturated carbocycles. The van der Waals surface area contributed by atoms with Crippen molar-refractivity contribution in [3.8, 4) is 5.75 Å². The van der Waals surface area contributed by atoms with Crippen LogP contribution in [0.5, 0.6) is 5.75 Å². The summed E-state index contributed by atoms with van der Waals surface area (Å²) in [4.78, 5) is 22.5. The first-order chi connectivity index (χ1) is 10.5. The Labute approximate surface area is 127 Å². The van der Waals surface area contributed by atoms with Crippen LogP contribution in [0.4, 0.5) is 0 Å². The summed E-state index contributed by atoms with van der Waals surface area (Å²) in [5.41, 5.74) is 1.39. The highest BCUT2D eigenvalue weighted by atomic mass is 16.5. The molecule has 2 rings (SSSR count). The van der Waals surface area contributed by atoms with Crippen LogP contribution >= 0.6 is 0 Å². The van der Waals surface area contributed by atoms with Gasteiger partial charge >= 0.3 is 5.97 Å². The highest BCUT2D eigenvalue weighted by molar-refractivity contribution is 5.95. The van der Waals surface area contributed by atoms with E-state index < -0.39 is 5.97 Å². The van der Waals surface area contributed by atoms with Crippen molar-refractivity contribution in [2.45, 2.75) is 19.9 Å². The van der Waals surface area contributed by atoms with Crippen LogP contribution in [0.25, 0.3) is 0 Å². The smallest absolute Gasteiger partial charge is 0.341 e. The molecule has 2 N–H and O–H groups in total. The second kappa shape index (κ2) is 6.80. The predicted molar refractivity (Wildman–Crippen MR) is 78.9 cm³/mol. The van der Waals surface area contributed by atoms with Crippen LogP contribution in [-0.2, 0) is 4.79 Å². The van der Waals surface area contributed by atoms with E-state index in [9.17, 15) is 9.59 Å². The molecule has 1 atom stereocenters. The maximum absolute atomic E-state index is 12.1. The van der Waals surface area contributed by atoms with Gasteiger partial charge in [0.25, 0.3) is 5.91 Å². The largest absolute Gasteiger partial charge is 0.482 e. The van der Waals surface area contributed by atoms with Gasteiger partial charge in [0.05, 0.1) is 17.9 Å². The summed E-state index contributed by atoms with van der Waals surface area (Å²) in [5, 5.41) is 11.4. The molecule has 116 valence electrons. The van der Waals surface area contributed by atoms with Crippen LogP contribution in [-0.4, -0.2) is 23.6 Å². The summed E-state index contributed by atoms with van der Waals surface area (Å²) in [6, 6.07) is 8.33. The summed E-state index contributed by atoms with van der Waals surface area (Å²) in [7, 11) is 0. The molecule has 0 aliphatic rings. The second-order valence-corrected chi connectivity index (χ2v) is 4.84. The Balaban J connectivity index is 1.98. The van der Waals surface area contributed by atoms with Gasteiger partial charge in [0.15, 0.2) is 6.61 Å². The number of carbonyl (C=O) groups excluding carboxylic acids is 1. The minimum absolute atomic E-state index is 0.199. The van der Waals surface area contributed by atoms with Crippen molar-refractivity contribution in [1.29, 1.82) is 0 Å². The zero-order valence-electron chi connectivity index (χ0n) is 12.3. The quantitative estimate of drug-likeness (QED) is 0.856. The third-order valence-electron chi connectivity index (χ3n) is 3.19. The van der Waals surface area contributed by atoms with E-state index in [2.05, 4.69) is 5.32 Å². The first kappa shape index (κ1) is 15.6. The summed E-state index contributed by atoms with van der Waals surface area (Å²) < 4.78 is 10.2. The van der Waals surface area contributed by atoms with Crippen LogP contribution in [0.1, 0.15) is 34.6 Å². The van der Waals surface area contributed by atoms with E-state index in [1.165, 1.54) is 6.26 Å². The topological polar surface area (TPSA) is 88.8 Å². The van der Waals surface area contributed by atoms with Gasteiger partial charge in [-0.3, -0.25) is 4.79 Å². The van der Waals surface area contributed by atoms with Crippen LogP contribution in [0.3, 0.4) is 0 Å². The molecule has 2 aromatic rings. The molecule has 0 aliphatic carbocycles. The predicted octanol–water partition coefficient (Wildman–Crippen LogP) is 2.54. The first-order valence-corrected chi connectivity index (χ1v) is 6.77. The van der Waals surface area contributed by atoms with Crippen LogP contribution in [0, 0.1) is 6.92 Å². The molecule has 0 spiro atoms. The van der Waals surface area contributed by atoms with Gasteiger partial charge in [-0.2, -0.15) is 0 Å². The molecule has 1 amide bonds. The number of carboxylic acid groups (broad SMARTS) is 1. The van der Waals surface area contributed by atoms with E-state index >= 15 is 0 Å². The molecular weight excluding hydrogens is 286 g/mol. The Morgan fingerprint density at radius 2 is 1.95 bits per heavy atom.